The number of carbonyl (C=O) groups is 2. The van der Waals surface area contributed by atoms with E-state index in [2.05, 4.69) is 15.3 Å². The Balaban J connectivity index is 1.65. The Kier molecular flexibility index (Phi) is 4.03. The van der Waals surface area contributed by atoms with Crippen LogP contribution in [0.1, 0.15) is 12.6 Å². The number of hydrogen-bond donors (Lipinski definition) is 3. The molecule has 0 aliphatic carbocycles. The van der Waals surface area contributed by atoms with Gasteiger partial charge in [0.05, 0.1) is 12.2 Å². The van der Waals surface area contributed by atoms with Crippen molar-refractivity contribution < 1.29 is 14.7 Å². The minimum Gasteiger partial charge on any atom is -0.481 e. The number of hydrogen-bond acceptors (Lipinski definition) is 3. The zero-order valence-corrected chi connectivity index (χ0v) is 10.8. The number of likely N-dealkylation sites (tertiary alicyclic amines) is 1. The lowest BCUT2D eigenvalue weighted by Crippen LogP contribution is -2.56. The molecule has 1 saturated heterocycles. The number of amides is 2. The number of carbonyl (C=O) groups excluding carboxylic acids is 1. The summed E-state index contributed by atoms with van der Waals surface area (Å²) in [5.74, 6) is -1.13. The van der Waals surface area contributed by atoms with Crippen LogP contribution in [-0.2, 0) is 11.2 Å². The van der Waals surface area contributed by atoms with Crippen molar-refractivity contribution in [2.45, 2.75) is 13.3 Å². The standard InChI is InChI=1S/C12H18N4O3/c1-8(11(17)18)9-5-16(6-9)12(19)14-3-2-10-4-13-7-15-10/h4,7-9H,2-3,5-6H2,1H3,(H,13,15)(H,14,19)(H,17,18). The van der Waals surface area contributed by atoms with Crippen LogP contribution < -0.4 is 5.32 Å². The molecule has 0 saturated carbocycles. The molecule has 104 valence electrons. The third-order valence-electron chi connectivity index (χ3n) is 3.52. The summed E-state index contributed by atoms with van der Waals surface area (Å²) in [6.07, 6.45) is 4.03. The van der Waals surface area contributed by atoms with Gasteiger partial charge in [-0.25, -0.2) is 9.78 Å². The van der Waals surface area contributed by atoms with Crippen LogP contribution in [0.4, 0.5) is 4.79 Å². The number of carboxylic acid groups (broad SMARTS) is 1. The van der Waals surface area contributed by atoms with Gasteiger partial charge in [-0.15, -0.1) is 0 Å². The molecule has 2 rings (SSSR count). The number of aromatic amines is 1. The molecule has 1 aromatic heterocycles. The summed E-state index contributed by atoms with van der Waals surface area (Å²) in [5.41, 5.74) is 0.973. The highest BCUT2D eigenvalue weighted by Crippen LogP contribution is 2.23. The predicted octanol–water partition coefficient (Wildman–Crippen LogP) is 0.314. The van der Waals surface area contributed by atoms with Crippen LogP contribution in [0.15, 0.2) is 12.5 Å². The smallest absolute Gasteiger partial charge is 0.317 e. The van der Waals surface area contributed by atoms with Crippen molar-refractivity contribution in [2.75, 3.05) is 19.6 Å². The summed E-state index contributed by atoms with van der Waals surface area (Å²) in [7, 11) is 0. The highest BCUT2D eigenvalue weighted by Gasteiger charge is 2.36. The third-order valence-corrected chi connectivity index (χ3v) is 3.52. The van der Waals surface area contributed by atoms with Crippen molar-refractivity contribution >= 4 is 12.0 Å². The molecule has 1 aliphatic heterocycles. The molecule has 1 aliphatic rings. The summed E-state index contributed by atoms with van der Waals surface area (Å²) in [5, 5.41) is 11.7. The zero-order valence-electron chi connectivity index (χ0n) is 10.8. The van der Waals surface area contributed by atoms with E-state index in [1.807, 2.05) is 0 Å². The Hall–Kier alpha value is -2.05. The van der Waals surface area contributed by atoms with Gasteiger partial charge in [0.25, 0.3) is 0 Å². The van der Waals surface area contributed by atoms with Gasteiger partial charge in [-0.1, -0.05) is 6.92 Å². The molecule has 3 N–H and O–H groups in total. The van der Waals surface area contributed by atoms with Gasteiger partial charge in [-0.3, -0.25) is 4.79 Å². The van der Waals surface area contributed by atoms with Gasteiger partial charge < -0.3 is 20.3 Å². The average molecular weight is 266 g/mol. The molecule has 1 aromatic rings. The van der Waals surface area contributed by atoms with Gasteiger partial charge in [0.1, 0.15) is 0 Å². The second kappa shape index (κ2) is 5.73. The molecule has 0 spiro atoms. The molecule has 1 fully saturated rings. The molecule has 0 radical (unpaired) electrons. The molecule has 2 amide bonds. The van der Waals surface area contributed by atoms with Crippen LogP contribution in [-0.4, -0.2) is 51.6 Å². The van der Waals surface area contributed by atoms with E-state index >= 15 is 0 Å². The van der Waals surface area contributed by atoms with Gasteiger partial charge in [0, 0.05) is 43.9 Å². The van der Waals surface area contributed by atoms with Crippen LogP contribution in [0, 0.1) is 11.8 Å². The first-order valence-corrected chi connectivity index (χ1v) is 6.30. The van der Waals surface area contributed by atoms with E-state index in [-0.39, 0.29) is 11.9 Å². The summed E-state index contributed by atoms with van der Waals surface area (Å²) in [4.78, 5) is 31.0. The Morgan fingerprint density at radius 2 is 2.37 bits per heavy atom. The lowest BCUT2D eigenvalue weighted by molar-refractivity contribution is -0.144. The highest BCUT2D eigenvalue weighted by molar-refractivity contribution is 5.76. The molecule has 0 aromatic carbocycles. The van der Waals surface area contributed by atoms with Gasteiger partial charge >= 0.3 is 12.0 Å². The number of rotatable bonds is 5. The number of aromatic nitrogens is 2. The first kappa shape index (κ1) is 13.4. The van der Waals surface area contributed by atoms with Crippen molar-refractivity contribution in [1.29, 1.82) is 0 Å². The molecule has 1 atom stereocenters. The molecular weight excluding hydrogens is 248 g/mol. The Morgan fingerprint density at radius 3 is 2.95 bits per heavy atom. The van der Waals surface area contributed by atoms with Gasteiger partial charge in [0.15, 0.2) is 0 Å². The fraction of sp³-hybridized carbons (Fsp3) is 0.583. The average Bonchev–Trinajstić information content (AvgIpc) is 2.79. The second-order valence-corrected chi connectivity index (χ2v) is 4.85. The fourth-order valence-corrected chi connectivity index (χ4v) is 2.03. The topological polar surface area (TPSA) is 98.3 Å². The van der Waals surface area contributed by atoms with E-state index in [0.717, 1.165) is 5.69 Å². The van der Waals surface area contributed by atoms with E-state index in [9.17, 15) is 9.59 Å². The second-order valence-electron chi connectivity index (χ2n) is 4.85. The van der Waals surface area contributed by atoms with Crippen LogP contribution in [0.25, 0.3) is 0 Å². The van der Waals surface area contributed by atoms with Crippen molar-refractivity contribution in [3.8, 4) is 0 Å². The molecule has 7 nitrogen and oxygen atoms in total. The molecule has 2 heterocycles. The van der Waals surface area contributed by atoms with E-state index < -0.39 is 11.9 Å². The maximum absolute atomic E-state index is 11.7. The number of H-pyrrole nitrogens is 1. The molecule has 1 unspecified atom stereocenters. The Morgan fingerprint density at radius 1 is 1.63 bits per heavy atom. The van der Waals surface area contributed by atoms with E-state index in [1.165, 1.54) is 0 Å². The summed E-state index contributed by atoms with van der Waals surface area (Å²) < 4.78 is 0. The first-order valence-electron chi connectivity index (χ1n) is 6.30. The first-order chi connectivity index (χ1) is 9.08. The molecule has 19 heavy (non-hydrogen) atoms. The van der Waals surface area contributed by atoms with Crippen molar-refractivity contribution in [2.24, 2.45) is 11.8 Å². The summed E-state index contributed by atoms with van der Waals surface area (Å²) in [6.45, 7) is 3.25. The Bertz CT molecular complexity index is 440. The van der Waals surface area contributed by atoms with E-state index in [4.69, 9.17) is 5.11 Å². The number of nitrogens with one attached hydrogen (secondary N) is 2. The van der Waals surface area contributed by atoms with Crippen molar-refractivity contribution in [3.05, 3.63) is 18.2 Å². The monoisotopic (exact) mass is 266 g/mol. The maximum atomic E-state index is 11.7. The SMILES string of the molecule is CC(C(=O)O)C1CN(C(=O)NCCc2cnc[nH]2)C1. The van der Waals surface area contributed by atoms with Gasteiger partial charge in [0.2, 0.25) is 0 Å². The summed E-state index contributed by atoms with van der Waals surface area (Å²) >= 11 is 0. The zero-order chi connectivity index (χ0) is 13.8. The normalized spacial score (nSPS) is 16.8. The third kappa shape index (κ3) is 3.24. The maximum Gasteiger partial charge on any atom is 0.317 e. The largest absolute Gasteiger partial charge is 0.481 e. The van der Waals surface area contributed by atoms with Crippen LogP contribution in [0.2, 0.25) is 0 Å². The number of aliphatic carboxylic acids is 1. The van der Waals surface area contributed by atoms with Crippen molar-refractivity contribution in [1.82, 2.24) is 20.2 Å². The quantitative estimate of drug-likeness (QED) is 0.714. The van der Waals surface area contributed by atoms with Crippen LogP contribution in [0.5, 0.6) is 0 Å². The number of nitrogens with zero attached hydrogens (tertiary/aromatic N) is 2. The number of urea groups is 1. The molecular formula is C12H18N4O3. The minimum atomic E-state index is -0.802. The van der Waals surface area contributed by atoms with Crippen molar-refractivity contribution in [3.63, 3.8) is 0 Å². The minimum absolute atomic E-state index is 0.0656. The number of imidazole rings is 1. The molecule has 0 bridgehead atoms. The molecule has 7 heteroatoms. The Labute approximate surface area is 111 Å². The fourth-order valence-electron chi connectivity index (χ4n) is 2.03. The van der Waals surface area contributed by atoms with Gasteiger partial charge in [-0.2, -0.15) is 0 Å². The van der Waals surface area contributed by atoms with E-state index in [0.29, 0.717) is 26.1 Å². The summed E-state index contributed by atoms with van der Waals surface area (Å²) in [6, 6.07) is -0.131. The lowest BCUT2D eigenvalue weighted by Gasteiger charge is -2.41. The van der Waals surface area contributed by atoms with Gasteiger partial charge in [-0.05, 0) is 0 Å². The highest BCUT2D eigenvalue weighted by atomic mass is 16.4. The number of carboxylic acids is 1. The predicted molar refractivity (Wildman–Crippen MR) is 67.6 cm³/mol. The van der Waals surface area contributed by atoms with Crippen LogP contribution >= 0.6 is 0 Å². The van der Waals surface area contributed by atoms with E-state index in [1.54, 1.807) is 24.3 Å². The van der Waals surface area contributed by atoms with Crippen LogP contribution in [0.3, 0.4) is 0 Å². The lowest BCUT2D eigenvalue weighted by atomic mass is 9.87.